The third kappa shape index (κ3) is 4.17. The minimum absolute atomic E-state index is 0.282. The molecule has 3 N–H and O–H groups in total. The molecule has 0 aliphatic heterocycles. The van der Waals surface area contributed by atoms with E-state index < -0.39 is 0 Å². The number of nitrogens with one attached hydrogen (secondary N) is 1. The van der Waals surface area contributed by atoms with Crippen molar-refractivity contribution < 1.29 is 4.74 Å². The lowest BCUT2D eigenvalue weighted by Crippen LogP contribution is -2.18. The van der Waals surface area contributed by atoms with E-state index in [9.17, 15) is 0 Å². The highest BCUT2D eigenvalue weighted by Crippen LogP contribution is 2.31. The molecule has 0 unspecified atom stereocenters. The molecule has 0 fully saturated rings. The summed E-state index contributed by atoms with van der Waals surface area (Å²) in [6, 6.07) is 20.7. The van der Waals surface area contributed by atoms with Gasteiger partial charge in [-0.2, -0.15) is 0 Å². The van der Waals surface area contributed by atoms with Crippen molar-refractivity contribution in [3.63, 3.8) is 0 Å². The number of benzene rings is 2. The summed E-state index contributed by atoms with van der Waals surface area (Å²) in [7, 11) is 1.68. The van der Waals surface area contributed by atoms with Crippen molar-refractivity contribution in [3.05, 3.63) is 78.0 Å². The molecule has 1 atom stereocenters. The molecule has 0 spiro atoms. The Balaban J connectivity index is 1.78. The van der Waals surface area contributed by atoms with E-state index in [4.69, 9.17) is 10.5 Å². The smallest absolute Gasteiger partial charge is 0.126 e. The van der Waals surface area contributed by atoms with Crippen molar-refractivity contribution in [2.75, 3.05) is 12.8 Å². The number of ether oxygens (including phenoxy) is 1. The topological polar surface area (TPSA) is 60.2 Å². The Morgan fingerprint density at radius 1 is 1.08 bits per heavy atom. The molecule has 1 aromatic heterocycles. The summed E-state index contributed by atoms with van der Waals surface area (Å²) < 4.78 is 5.50. The van der Waals surface area contributed by atoms with Crippen molar-refractivity contribution in [3.8, 4) is 16.9 Å². The molecule has 0 bridgehead atoms. The first-order valence-corrected chi connectivity index (χ1v) is 8.34. The molecule has 4 heteroatoms. The first-order valence-electron chi connectivity index (χ1n) is 8.34. The van der Waals surface area contributed by atoms with Crippen LogP contribution in [0.1, 0.15) is 24.1 Å². The average molecular weight is 333 g/mol. The summed E-state index contributed by atoms with van der Waals surface area (Å²) in [6.07, 6.45) is 1.77. The van der Waals surface area contributed by atoms with Crippen LogP contribution in [0.15, 0.2) is 66.9 Å². The van der Waals surface area contributed by atoms with E-state index >= 15 is 0 Å². The van der Waals surface area contributed by atoms with Gasteiger partial charge in [0.05, 0.1) is 7.11 Å². The van der Waals surface area contributed by atoms with Crippen LogP contribution in [-0.4, -0.2) is 12.1 Å². The Morgan fingerprint density at radius 3 is 2.56 bits per heavy atom. The Morgan fingerprint density at radius 2 is 1.88 bits per heavy atom. The first kappa shape index (κ1) is 17.0. The van der Waals surface area contributed by atoms with Gasteiger partial charge in [0.25, 0.3) is 0 Å². The molecule has 128 valence electrons. The number of rotatable bonds is 6. The van der Waals surface area contributed by atoms with Gasteiger partial charge in [0, 0.05) is 29.9 Å². The first-order chi connectivity index (χ1) is 12.2. The number of aromatic nitrogens is 1. The number of nitrogen functional groups attached to an aromatic ring is 1. The van der Waals surface area contributed by atoms with E-state index in [0.717, 1.165) is 23.4 Å². The van der Waals surface area contributed by atoms with Crippen LogP contribution in [-0.2, 0) is 6.54 Å². The molecular formula is C21H23N3O. The van der Waals surface area contributed by atoms with E-state index in [-0.39, 0.29) is 6.04 Å². The molecule has 4 nitrogen and oxygen atoms in total. The minimum Gasteiger partial charge on any atom is -0.496 e. The molecule has 0 aliphatic rings. The van der Waals surface area contributed by atoms with Gasteiger partial charge in [0.1, 0.15) is 11.6 Å². The van der Waals surface area contributed by atoms with E-state index in [2.05, 4.69) is 53.6 Å². The molecule has 1 heterocycles. The zero-order chi connectivity index (χ0) is 17.6. The number of methoxy groups -OCH3 is 1. The predicted molar refractivity (Wildman–Crippen MR) is 102 cm³/mol. The minimum atomic E-state index is 0.282. The summed E-state index contributed by atoms with van der Waals surface area (Å²) in [5, 5.41) is 3.56. The molecular weight excluding hydrogens is 310 g/mol. The fourth-order valence-electron chi connectivity index (χ4n) is 2.79. The van der Waals surface area contributed by atoms with Crippen LogP contribution < -0.4 is 15.8 Å². The maximum absolute atomic E-state index is 5.69. The summed E-state index contributed by atoms with van der Waals surface area (Å²) in [6.45, 7) is 2.94. The van der Waals surface area contributed by atoms with Gasteiger partial charge in [-0.1, -0.05) is 36.4 Å². The third-order valence-electron chi connectivity index (χ3n) is 4.27. The van der Waals surface area contributed by atoms with Crippen LogP contribution in [0, 0.1) is 0 Å². The Bertz CT molecular complexity index is 816. The van der Waals surface area contributed by atoms with Crippen molar-refractivity contribution in [2.24, 2.45) is 0 Å². The van der Waals surface area contributed by atoms with E-state index in [1.807, 2.05) is 18.2 Å². The van der Waals surface area contributed by atoms with Crippen LogP contribution in [0.5, 0.6) is 5.75 Å². The van der Waals surface area contributed by atoms with Gasteiger partial charge in [-0.25, -0.2) is 4.98 Å². The fraction of sp³-hybridized carbons (Fsp3) is 0.190. The van der Waals surface area contributed by atoms with Gasteiger partial charge in [-0.05, 0) is 42.3 Å². The van der Waals surface area contributed by atoms with E-state index in [0.29, 0.717) is 5.82 Å². The zero-order valence-corrected chi connectivity index (χ0v) is 14.6. The van der Waals surface area contributed by atoms with Gasteiger partial charge < -0.3 is 15.8 Å². The van der Waals surface area contributed by atoms with Gasteiger partial charge in [0.15, 0.2) is 0 Å². The maximum atomic E-state index is 5.69. The van der Waals surface area contributed by atoms with Crippen molar-refractivity contribution in [1.82, 2.24) is 10.3 Å². The highest BCUT2D eigenvalue weighted by atomic mass is 16.5. The largest absolute Gasteiger partial charge is 0.496 e. The number of hydrogen-bond acceptors (Lipinski definition) is 4. The predicted octanol–water partition coefficient (Wildman–Crippen LogP) is 4.19. The molecule has 2 aromatic carbocycles. The molecule has 3 aromatic rings. The highest BCUT2D eigenvalue weighted by molar-refractivity contribution is 5.71. The van der Waals surface area contributed by atoms with Gasteiger partial charge in [0.2, 0.25) is 0 Å². The second kappa shape index (κ2) is 7.81. The second-order valence-corrected chi connectivity index (χ2v) is 6.02. The molecule has 0 saturated carbocycles. The number of pyridine rings is 1. The molecule has 0 aliphatic carbocycles. The Labute approximate surface area is 148 Å². The lowest BCUT2D eigenvalue weighted by Gasteiger charge is -2.16. The summed E-state index contributed by atoms with van der Waals surface area (Å²) in [5.41, 5.74) is 10.2. The van der Waals surface area contributed by atoms with Gasteiger partial charge in [-0.15, -0.1) is 0 Å². The van der Waals surface area contributed by atoms with Gasteiger partial charge >= 0.3 is 0 Å². The number of hydrogen-bond donors (Lipinski definition) is 2. The van der Waals surface area contributed by atoms with E-state index in [1.54, 1.807) is 19.4 Å². The quantitative estimate of drug-likeness (QED) is 0.710. The monoisotopic (exact) mass is 333 g/mol. The van der Waals surface area contributed by atoms with Crippen LogP contribution in [0.2, 0.25) is 0 Å². The number of anilines is 1. The fourth-order valence-corrected chi connectivity index (χ4v) is 2.79. The molecule has 0 saturated heterocycles. The van der Waals surface area contributed by atoms with Crippen LogP contribution in [0.25, 0.3) is 11.1 Å². The van der Waals surface area contributed by atoms with Crippen LogP contribution in [0.3, 0.4) is 0 Å². The van der Waals surface area contributed by atoms with Crippen molar-refractivity contribution in [2.45, 2.75) is 19.5 Å². The third-order valence-corrected chi connectivity index (χ3v) is 4.27. The summed E-state index contributed by atoms with van der Waals surface area (Å²) in [5.74, 6) is 1.34. The molecule has 25 heavy (non-hydrogen) atoms. The van der Waals surface area contributed by atoms with E-state index in [1.165, 1.54) is 11.1 Å². The lowest BCUT2D eigenvalue weighted by atomic mass is 10.0. The molecule has 0 amide bonds. The molecule has 3 rings (SSSR count). The van der Waals surface area contributed by atoms with Crippen molar-refractivity contribution in [1.29, 1.82) is 0 Å². The molecule has 0 radical (unpaired) electrons. The average Bonchev–Trinajstić information content (AvgIpc) is 2.67. The lowest BCUT2D eigenvalue weighted by molar-refractivity contribution is 0.416. The second-order valence-electron chi connectivity index (χ2n) is 6.02. The maximum Gasteiger partial charge on any atom is 0.126 e. The number of nitrogens with zero attached hydrogens (tertiary/aromatic N) is 1. The normalized spacial score (nSPS) is 11.9. The SMILES string of the molecule is COc1ccc(CN[C@H](C)c2ccccc2)cc1-c1ccc(N)nc1. The van der Waals surface area contributed by atoms with Gasteiger partial charge in [-0.3, -0.25) is 0 Å². The standard InChI is InChI=1S/C21H23N3O/c1-15(17-6-4-3-5-7-17)23-13-16-8-10-20(25-2)19(12-16)18-9-11-21(22)24-14-18/h3-12,14-15,23H,13H2,1-2H3,(H2,22,24)/t15-/m1/s1. The summed E-state index contributed by atoms with van der Waals surface area (Å²) in [4.78, 5) is 4.18. The van der Waals surface area contributed by atoms with Crippen LogP contribution in [0.4, 0.5) is 5.82 Å². The zero-order valence-electron chi connectivity index (χ0n) is 14.6. The van der Waals surface area contributed by atoms with Crippen LogP contribution >= 0.6 is 0 Å². The summed E-state index contributed by atoms with van der Waals surface area (Å²) >= 11 is 0. The highest BCUT2D eigenvalue weighted by Gasteiger charge is 2.09. The number of nitrogens with two attached hydrogens (primary N) is 1. The Kier molecular flexibility index (Phi) is 5.31. The van der Waals surface area contributed by atoms with Crippen molar-refractivity contribution >= 4 is 5.82 Å². The Hall–Kier alpha value is -2.85.